The van der Waals surface area contributed by atoms with Gasteiger partial charge in [0.25, 0.3) is 0 Å². The first-order chi connectivity index (χ1) is 9.19. The maximum atomic E-state index is 13.7. The zero-order valence-electron chi connectivity index (χ0n) is 11.2. The van der Waals surface area contributed by atoms with Crippen molar-refractivity contribution in [3.63, 3.8) is 0 Å². The van der Waals surface area contributed by atoms with Crippen molar-refractivity contribution in [3.05, 3.63) is 47.5 Å². The molecule has 0 fully saturated rings. The molecule has 0 aliphatic heterocycles. The predicted octanol–water partition coefficient (Wildman–Crippen LogP) is 1.90. The Morgan fingerprint density at radius 1 is 1.37 bits per heavy atom. The third-order valence-corrected chi connectivity index (χ3v) is 2.78. The van der Waals surface area contributed by atoms with E-state index in [1.165, 1.54) is 6.07 Å². The summed E-state index contributed by atoms with van der Waals surface area (Å²) >= 11 is 0. The molecular weight excluding hydrogens is 245 g/mol. The van der Waals surface area contributed by atoms with Crippen LogP contribution in [0.25, 0.3) is 0 Å². The van der Waals surface area contributed by atoms with E-state index in [1.807, 2.05) is 26.4 Å². The van der Waals surface area contributed by atoms with Crippen molar-refractivity contribution in [1.29, 1.82) is 0 Å². The van der Waals surface area contributed by atoms with E-state index in [2.05, 4.69) is 10.4 Å². The molecule has 2 rings (SSSR count). The van der Waals surface area contributed by atoms with Gasteiger partial charge in [0, 0.05) is 26.2 Å². The van der Waals surface area contributed by atoms with Gasteiger partial charge in [-0.05, 0) is 30.3 Å². The Kier molecular flexibility index (Phi) is 4.52. The number of hydrogen-bond donors (Lipinski definition) is 1. The second-order valence-corrected chi connectivity index (χ2v) is 4.42. The van der Waals surface area contributed by atoms with Gasteiger partial charge in [-0.25, -0.2) is 4.39 Å². The van der Waals surface area contributed by atoms with E-state index in [-0.39, 0.29) is 5.82 Å². The number of ether oxygens (including phenoxy) is 1. The van der Waals surface area contributed by atoms with Crippen molar-refractivity contribution >= 4 is 0 Å². The summed E-state index contributed by atoms with van der Waals surface area (Å²) in [6.45, 7) is 1.08. The van der Waals surface area contributed by atoms with Crippen LogP contribution >= 0.6 is 0 Å². The summed E-state index contributed by atoms with van der Waals surface area (Å²) in [4.78, 5) is 0. The summed E-state index contributed by atoms with van der Waals surface area (Å²) in [5.74, 6) is -0.0253. The Balaban J connectivity index is 1.89. The fourth-order valence-corrected chi connectivity index (χ4v) is 1.86. The first kappa shape index (κ1) is 13.5. The molecule has 19 heavy (non-hydrogen) atoms. The molecule has 0 aliphatic carbocycles. The van der Waals surface area contributed by atoms with E-state index in [0.29, 0.717) is 25.3 Å². The van der Waals surface area contributed by atoms with Crippen LogP contribution in [0, 0.1) is 5.82 Å². The number of halogens is 1. The number of aryl methyl sites for hydroxylation is 1. The van der Waals surface area contributed by atoms with Crippen LogP contribution in [0.3, 0.4) is 0 Å². The molecule has 5 heteroatoms. The van der Waals surface area contributed by atoms with Crippen LogP contribution < -0.4 is 10.1 Å². The van der Waals surface area contributed by atoms with Gasteiger partial charge in [0.2, 0.25) is 0 Å². The van der Waals surface area contributed by atoms with E-state index in [1.54, 1.807) is 16.9 Å². The Labute approximate surface area is 112 Å². The molecule has 0 spiro atoms. The van der Waals surface area contributed by atoms with E-state index >= 15 is 0 Å². The zero-order chi connectivity index (χ0) is 13.7. The number of hydrogen-bond acceptors (Lipinski definition) is 3. The minimum atomic E-state index is -0.320. The molecule has 0 bridgehead atoms. The average molecular weight is 263 g/mol. The van der Waals surface area contributed by atoms with Gasteiger partial charge in [0.05, 0.1) is 12.8 Å². The van der Waals surface area contributed by atoms with Gasteiger partial charge >= 0.3 is 0 Å². The van der Waals surface area contributed by atoms with Crippen LogP contribution in [0.4, 0.5) is 4.39 Å². The fourth-order valence-electron chi connectivity index (χ4n) is 1.86. The van der Waals surface area contributed by atoms with Gasteiger partial charge in [-0.2, -0.15) is 5.10 Å². The van der Waals surface area contributed by atoms with Crippen LogP contribution in [-0.2, 0) is 20.0 Å². The highest BCUT2D eigenvalue weighted by molar-refractivity contribution is 5.29. The Hall–Kier alpha value is -1.88. The maximum Gasteiger partial charge on any atom is 0.165 e. The summed E-state index contributed by atoms with van der Waals surface area (Å²) < 4.78 is 20.9. The van der Waals surface area contributed by atoms with Crippen molar-refractivity contribution < 1.29 is 9.13 Å². The molecule has 2 aromatic rings. The molecule has 1 heterocycles. The Morgan fingerprint density at radius 3 is 2.84 bits per heavy atom. The van der Waals surface area contributed by atoms with Gasteiger partial charge in [-0.1, -0.05) is 6.07 Å². The van der Waals surface area contributed by atoms with Crippen LogP contribution in [0.5, 0.6) is 5.75 Å². The van der Waals surface area contributed by atoms with E-state index in [4.69, 9.17) is 4.74 Å². The summed E-state index contributed by atoms with van der Waals surface area (Å²) in [6, 6.07) is 5.03. The van der Waals surface area contributed by atoms with E-state index in [9.17, 15) is 4.39 Å². The molecule has 0 radical (unpaired) electrons. The van der Waals surface area contributed by atoms with Crippen LogP contribution in [-0.4, -0.2) is 23.4 Å². The molecule has 0 saturated carbocycles. The Bertz CT molecular complexity index is 539. The molecule has 0 amide bonds. The lowest BCUT2D eigenvalue weighted by Gasteiger charge is -2.08. The minimum Gasteiger partial charge on any atom is -0.490 e. The number of benzene rings is 1. The molecule has 102 valence electrons. The SMILES string of the molecule is CNCc1ccc(OCCc2cnn(C)c2)c(F)c1. The van der Waals surface area contributed by atoms with E-state index in [0.717, 1.165) is 11.1 Å². The smallest absolute Gasteiger partial charge is 0.165 e. The number of aromatic nitrogens is 2. The molecular formula is C14H18FN3O. The van der Waals surface area contributed by atoms with Gasteiger partial charge in [-0.3, -0.25) is 4.68 Å². The fraction of sp³-hybridized carbons (Fsp3) is 0.357. The summed E-state index contributed by atoms with van der Waals surface area (Å²) in [7, 11) is 3.70. The first-order valence-corrected chi connectivity index (χ1v) is 6.22. The molecule has 4 nitrogen and oxygen atoms in total. The number of nitrogens with one attached hydrogen (secondary N) is 1. The highest BCUT2D eigenvalue weighted by Crippen LogP contribution is 2.18. The van der Waals surface area contributed by atoms with Gasteiger partial charge < -0.3 is 10.1 Å². The number of rotatable bonds is 6. The quantitative estimate of drug-likeness (QED) is 0.865. The summed E-state index contributed by atoms with van der Waals surface area (Å²) in [5.41, 5.74) is 1.98. The van der Waals surface area contributed by atoms with Crippen LogP contribution in [0.2, 0.25) is 0 Å². The van der Waals surface area contributed by atoms with Crippen molar-refractivity contribution in [2.24, 2.45) is 7.05 Å². The summed E-state index contributed by atoms with van der Waals surface area (Å²) in [6.07, 6.45) is 4.43. The second-order valence-electron chi connectivity index (χ2n) is 4.42. The second kappa shape index (κ2) is 6.33. The predicted molar refractivity (Wildman–Crippen MR) is 71.6 cm³/mol. The van der Waals surface area contributed by atoms with Crippen molar-refractivity contribution in [3.8, 4) is 5.75 Å². The molecule has 1 N–H and O–H groups in total. The molecule has 0 aliphatic rings. The highest BCUT2D eigenvalue weighted by atomic mass is 19.1. The third-order valence-electron chi connectivity index (χ3n) is 2.78. The lowest BCUT2D eigenvalue weighted by atomic mass is 10.2. The zero-order valence-corrected chi connectivity index (χ0v) is 11.2. The van der Waals surface area contributed by atoms with Crippen molar-refractivity contribution in [1.82, 2.24) is 15.1 Å². The van der Waals surface area contributed by atoms with Crippen molar-refractivity contribution in [2.45, 2.75) is 13.0 Å². The van der Waals surface area contributed by atoms with Gasteiger partial charge in [0.1, 0.15) is 0 Å². The summed E-state index contributed by atoms with van der Waals surface area (Å²) in [5, 5.41) is 7.05. The van der Waals surface area contributed by atoms with Gasteiger partial charge in [-0.15, -0.1) is 0 Å². The van der Waals surface area contributed by atoms with Crippen LogP contribution in [0.15, 0.2) is 30.6 Å². The third kappa shape index (κ3) is 3.79. The Morgan fingerprint density at radius 2 is 2.21 bits per heavy atom. The van der Waals surface area contributed by atoms with Crippen molar-refractivity contribution in [2.75, 3.05) is 13.7 Å². The molecule has 1 aromatic carbocycles. The lowest BCUT2D eigenvalue weighted by Crippen LogP contribution is -2.06. The molecule has 1 aromatic heterocycles. The van der Waals surface area contributed by atoms with Gasteiger partial charge in [0.15, 0.2) is 11.6 Å². The molecule has 0 saturated heterocycles. The minimum absolute atomic E-state index is 0.295. The van der Waals surface area contributed by atoms with Crippen LogP contribution in [0.1, 0.15) is 11.1 Å². The van der Waals surface area contributed by atoms with E-state index < -0.39 is 0 Å². The first-order valence-electron chi connectivity index (χ1n) is 6.22. The highest BCUT2D eigenvalue weighted by Gasteiger charge is 2.05. The number of nitrogens with zero attached hydrogens (tertiary/aromatic N) is 2. The largest absolute Gasteiger partial charge is 0.490 e. The lowest BCUT2D eigenvalue weighted by molar-refractivity contribution is 0.305. The molecule has 0 atom stereocenters. The monoisotopic (exact) mass is 263 g/mol. The maximum absolute atomic E-state index is 13.7. The standard InChI is InChI=1S/C14H18FN3O/c1-16-8-11-3-4-14(13(15)7-11)19-6-5-12-9-17-18(2)10-12/h3-4,7,9-10,16H,5-6,8H2,1-2H3. The average Bonchev–Trinajstić information content (AvgIpc) is 2.78. The molecule has 0 unspecified atom stereocenters. The topological polar surface area (TPSA) is 39.1 Å². The normalized spacial score (nSPS) is 10.7.